The number of hydrogen-bond acceptors (Lipinski definition) is 4. The molecule has 2 atom stereocenters. The van der Waals surface area contributed by atoms with Crippen LogP contribution in [-0.4, -0.2) is 50.5 Å². The van der Waals surface area contributed by atoms with Gasteiger partial charge in [-0.2, -0.15) is 0 Å². The lowest BCUT2D eigenvalue weighted by Gasteiger charge is -2.33. The number of H-pyrrole nitrogens is 1. The summed E-state index contributed by atoms with van der Waals surface area (Å²) in [5.74, 6) is -1.07. The van der Waals surface area contributed by atoms with Gasteiger partial charge in [-0.3, -0.25) is 4.79 Å². The van der Waals surface area contributed by atoms with Gasteiger partial charge in [0.1, 0.15) is 6.04 Å². The molecule has 1 aromatic rings. The molecule has 7 nitrogen and oxygen atoms in total. The van der Waals surface area contributed by atoms with Crippen LogP contribution >= 0.6 is 0 Å². The van der Waals surface area contributed by atoms with Crippen LogP contribution < -0.4 is 5.32 Å². The van der Waals surface area contributed by atoms with Gasteiger partial charge < -0.3 is 20.3 Å². The molecule has 7 heteroatoms. The molecule has 1 amide bonds. The van der Waals surface area contributed by atoms with Crippen LogP contribution in [0, 0.1) is 0 Å². The SMILES string of the molecule is O=C(O)C1Cc2nc[nH]c2CN1C(=O)CC1CCCN1. The number of aliphatic carboxylic acids is 1. The van der Waals surface area contributed by atoms with Crippen molar-refractivity contribution in [1.29, 1.82) is 0 Å². The van der Waals surface area contributed by atoms with Crippen LogP contribution in [0.15, 0.2) is 6.33 Å². The number of imidazole rings is 1. The number of carboxylic acid groups (broad SMARTS) is 1. The van der Waals surface area contributed by atoms with Gasteiger partial charge in [0.25, 0.3) is 0 Å². The van der Waals surface area contributed by atoms with Gasteiger partial charge in [0, 0.05) is 18.9 Å². The first-order valence-electron chi connectivity index (χ1n) is 6.92. The molecule has 0 saturated carbocycles. The van der Waals surface area contributed by atoms with E-state index in [1.54, 1.807) is 6.33 Å². The molecule has 1 saturated heterocycles. The molecular formula is C13H18N4O3. The van der Waals surface area contributed by atoms with Gasteiger partial charge in [0.15, 0.2) is 0 Å². The Morgan fingerprint density at radius 3 is 3.05 bits per heavy atom. The normalized spacial score (nSPS) is 25.5. The fourth-order valence-corrected chi connectivity index (χ4v) is 2.98. The smallest absolute Gasteiger partial charge is 0.326 e. The van der Waals surface area contributed by atoms with Gasteiger partial charge >= 0.3 is 5.97 Å². The van der Waals surface area contributed by atoms with Crippen molar-refractivity contribution in [3.63, 3.8) is 0 Å². The maximum Gasteiger partial charge on any atom is 0.326 e. The van der Waals surface area contributed by atoms with Crippen LogP contribution in [0.5, 0.6) is 0 Å². The van der Waals surface area contributed by atoms with Gasteiger partial charge in [-0.05, 0) is 19.4 Å². The number of amides is 1. The molecular weight excluding hydrogens is 260 g/mol. The van der Waals surface area contributed by atoms with E-state index in [1.807, 2.05) is 0 Å². The Bertz CT molecular complexity index is 521. The highest BCUT2D eigenvalue weighted by molar-refractivity contribution is 5.84. The average Bonchev–Trinajstić information content (AvgIpc) is 3.06. The Kier molecular flexibility index (Phi) is 3.43. The minimum atomic E-state index is -0.966. The Balaban J connectivity index is 1.75. The molecule has 0 radical (unpaired) electrons. The molecule has 2 unspecified atom stereocenters. The van der Waals surface area contributed by atoms with Crippen LogP contribution in [0.4, 0.5) is 0 Å². The summed E-state index contributed by atoms with van der Waals surface area (Å²) < 4.78 is 0. The monoisotopic (exact) mass is 278 g/mol. The highest BCUT2D eigenvalue weighted by Gasteiger charge is 2.36. The third-order valence-corrected chi connectivity index (χ3v) is 4.09. The van der Waals surface area contributed by atoms with Crippen molar-refractivity contribution in [2.24, 2.45) is 0 Å². The minimum Gasteiger partial charge on any atom is -0.480 e. The number of carbonyl (C=O) groups excluding carboxylic acids is 1. The summed E-state index contributed by atoms with van der Waals surface area (Å²) in [5.41, 5.74) is 1.59. The molecule has 3 N–H and O–H groups in total. The van der Waals surface area contributed by atoms with E-state index in [4.69, 9.17) is 0 Å². The quantitative estimate of drug-likeness (QED) is 0.716. The highest BCUT2D eigenvalue weighted by Crippen LogP contribution is 2.22. The molecule has 108 valence electrons. The number of aromatic nitrogens is 2. The van der Waals surface area contributed by atoms with E-state index in [9.17, 15) is 14.7 Å². The number of nitrogens with one attached hydrogen (secondary N) is 2. The standard InChI is InChI=1S/C13H18N4O3/c18-12(4-8-2-1-3-14-8)17-6-10-9(15-7-16-10)5-11(17)13(19)20/h7-8,11,14H,1-6H2,(H,15,16)(H,19,20). The highest BCUT2D eigenvalue weighted by atomic mass is 16.4. The number of rotatable bonds is 3. The number of carboxylic acids is 1. The van der Waals surface area contributed by atoms with Gasteiger partial charge in [0.2, 0.25) is 5.91 Å². The van der Waals surface area contributed by atoms with E-state index in [0.717, 1.165) is 30.8 Å². The van der Waals surface area contributed by atoms with Crippen molar-refractivity contribution in [2.45, 2.75) is 44.3 Å². The third kappa shape index (κ3) is 2.40. The molecule has 0 bridgehead atoms. The number of nitrogens with zero attached hydrogens (tertiary/aromatic N) is 2. The van der Waals surface area contributed by atoms with Crippen molar-refractivity contribution in [1.82, 2.24) is 20.2 Å². The van der Waals surface area contributed by atoms with E-state index < -0.39 is 12.0 Å². The molecule has 0 spiro atoms. The van der Waals surface area contributed by atoms with Crippen LogP contribution in [0.3, 0.4) is 0 Å². The fourth-order valence-electron chi connectivity index (χ4n) is 2.98. The summed E-state index contributed by atoms with van der Waals surface area (Å²) in [6.45, 7) is 1.24. The minimum absolute atomic E-state index is 0.1000. The molecule has 3 heterocycles. The van der Waals surface area contributed by atoms with Gasteiger partial charge in [-0.15, -0.1) is 0 Å². The summed E-state index contributed by atoms with van der Waals surface area (Å²) in [7, 11) is 0. The topological polar surface area (TPSA) is 98.3 Å². The lowest BCUT2D eigenvalue weighted by atomic mass is 10.0. The maximum absolute atomic E-state index is 12.4. The second kappa shape index (κ2) is 5.24. The summed E-state index contributed by atoms with van der Waals surface area (Å²) in [4.78, 5) is 32.3. The number of hydrogen-bond donors (Lipinski definition) is 3. The van der Waals surface area contributed by atoms with Gasteiger partial charge in [-0.25, -0.2) is 9.78 Å². The summed E-state index contributed by atoms with van der Waals surface area (Å²) in [5, 5.41) is 12.6. The first-order chi connectivity index (χ1) is 9.65. The second-order valence-electron chi connectivity index (χ2n) is 5.40. The molecule has 1 fully saturated rings. The Morgan fingerprint density at radius 1 is 1.50 bits per heavy atom. The number of fused-ring (bicyclic) bond motifs is 1. The van der Waals surface area contributed by atoms with Crippen molar-refractivity contribution >= 4 is 11.9 Å². The maximum atomic E-state index is 12.4. The Hall–Kier alpha value is -1.89. The van der Waals surface area contributed by atoms with Crippen molar-refractivity contribution in [3.8, 4) is 0 Å². The Labute approximate surface area is 116 Å². The predicted octanol–water partition coefficient (Wildman–Crippen LogP) is -0.110. The molecule has 2 aliphatic heterocycles. The Morgan fingerprint density at radius 2 is 2.35 bits per heavy atom. The zero-order valence-corrected chi connectivity index (χ0v) is 11.1. The lowest BCUT2D eigenvalue weighted by Crippen LogP contribution is -2.49. The van der Waals surface area contributed by atoms with Gasteiger partial charge in [0.05, 0.1) is 24.3 Å². The van der Waals surface area contributed by atoms with Crippen LogP contribution in [0.2, 0.25) is 0 Å². The zero-order chi connectivity index (χ0) is 14.1. The lowest BCUT2D eigenvalue weighted by molar-refractivity contribution is -0.151. The predicted molar refractivity (Wildman–Crippen MR) is 69.9 cm³/mol. The van der Waals surface area contributed by atoms with Gasteiger partial charge in [-0.1, -0.05) is 0 Å². The van der Waals surface area contributed by atoms with Crippen LogP contribution in [-0.2, 0) is 22.6 Å². The summed E-state index contributed by atoms with van der Waals surface area (Å²) in [6, 6.07) is -0.625. The third-order valence-electron chi connectivity index (χ3n) is 4.09. The van der Waals surface area contributed by atoms with E-state index in [1.165, 1.54) is 4.90 Å². The van der Waals surface area contributed by atoms with Crippen LogP contribution in [0.25, 0.3) is 0 Å². The zero-order valence-electron chi connectivity index (χ0n) is 11.1. The number of carbonyl (C=O) groups is 2. The number of aromatic amines is 1. The van der Waals surface area contributed by atoms with E-state index in [2.05, 4.69) is 15.3 Å². The molecule has 20 heavy (non-hydrogen) atoms. The fraction of sp³-hybridized carbons (Fsp3) is 0.615. The van der Waals surface area contributed by atoms with E-state index in [0.29, 0.717) is 13.0 Å². The summed E-state index contributed by atoms with van der Waals surface area (Å²) in [6.07, 6.45) is 4.25. The van der Waals surface area contributed by atoms with E-state index in [-0.39, 0.29) is 18.4 Å². The molecule has 3 rings (SSSR count). The first-order valence-corrected chi connectivity index (χ1v) is 6.92. The molecule has 2 aliphatic rings. The van der Waals surface area contributed by atoms with Crippen molar-refractivity contribution in [3.05, 3.63) is 17.7 Å². The van der Waals surface area contributed by atoms with Crippen molar-refractivity contribution in [2.75, 3.05) is 6.54 Å². The molecule has 0 aliphatic carbocycles. The first kappa shape index (κ1) is 13.1. The second-order valence-corrected chi connectivity index (χ2v) is 5.40. The van der Waals surface area contributed by atoms with Crippen LogP contribution in [0.1, 0.15) is 30.7 Å². The molecule has 0 aromatic carbocycles. The van der Waals surface area contributed by atoms with E-state index >= 15 is 0 Å². The largest absolute Gasteiger partial charge is 0.480 e. The van der Waals surface area contributed by atoms with Crippen molar-refractivity contribution < 1.29 is 14.7 Å². The average molecular weight is 278 g/mol. The molecule has 1 aromatic heterocycles. The summed E-state index contributed by atoms with van der Waals surface area (Å²) >= 11 is 0.